The molecule has 3 N–H and O–H groups in total. The van der Waals surface area contributed by atoms with E-state index < -0.39 is 0 Å². The fourth-order valence-electron chi connectivity index (χ4n) is 4.57. The van der Waals surface area contributed by atoms with Crippen molar-refractivity contribution in [2.45, 2.75) is 77.3 Å². The number of benzene rings is 1. The molecule has 0 saturated carbocycles. The predicted octanol–water partition coefficient (Wildman–Crippen LogP) is 5.89. The molecule has 32 heavy (non-hydrogen) atoms. The lowest BCUT2D eigenvalue weighted by molar-refractivity contribution is 0.283. The number of nitrogens with one attached hydrogen (secondary N) is 1. The second-order valence-corrected chi connectivity index (χ2v) is 8.60. The Morgan fingerprint density at radius 3 is 2.72 bits per heavy atom. The zero-order chi connectivity index (χ0) is 21.6. The summed E-state index contributed by atoms with van der Waals surface area (Å²) < 4.78 is 7.88. The van der Waals surface area contributed by atoms with Gasteiger partial charge in [-0.3, -0.25) is 5.41 Å². The van der Waals surface area contributed by atoms with Crippen molar-refractivity contribution in [2.24, 2.45) is 5.73 Å². The number of guanidine groups is 1. The summed E-state index contributed by atoms with van der Waals surface area (Å²) >= 11 is 0. The molecular weight excluding hydrogens is 424 g/mol. The average Bonchev–Trinajstić information content (AvgIpc) is 3.51. The summed E-state index contributed by atoms with van der Waals surface area (Å²) in [6, 6.07) is 8.41. The van der Waals surface area contributed by atoms with Gasteiger partial charge in [0, 0.05) is 35.8 Å². The molecule has 0 spiro atoms. The predicted molar refractivity (Wildman–Crippen MR) is 131 cm³/mol. The maximum Gasteiger partial charge on any atom is 0.249 e. The second-order valence-electron chi connectivity index (χ2n) is 8.60. The molecule has 4 rings (SSSR count). The highest BCUT2D eigenvalue weighted by molar-refractivity contribution is 5.85. The van der Waals surface area contributed by atoms with E-state index in [0.717, 1.165) is 31.5 Å². The lowest BCUT2D eigenvalue weighted by Crippen LogP contribution is -2.35. The van der Waals surface area contributed by atoms with Crippen LogP contribution in [-0.2, 0) is 6.54 Å². The molecule has 1 fully saturated rings. The fourth-order valence-corrected chi connectivity index (χ4v) is 4.57. The minimum absolute atomic E-state index is 0. The van der Waals surface area contributed by atoms with Crippen molar-refractivity contribution in [3.8, 4) is 11.4 Å². The van der Waals surface area contributed by atoms with E-state index in [1.54, 1.807) is 0 Å². The highest BCUT2D eigenvalue weighted by atomic mass is 35.5. The van der Waals surface area contributed by atoms with Gasteiger partial charge in [0.25, 0.3) is 0 Å². The van der Waals surface area contributed by atoms with Gasteiger partial charge in [0.1, 0.15) is 6.04 Å². The zero-order valence-electron chi connectivity index (χ0n) is 18.9. The van der Waals surface area contributed by atoms with Gasteiger partial charge in [0.2, 0.25) is 11.7 Å². The number of rotatable bonds is 10. The molecule has 0 aliphatic carbocycles. The average molecular weight is 459 g/mol. The molecule has 0 radical (unpaired) electrons. The Morgan fingerprint density at radius 1 is 1.16 bits per heavy atom. The van der Waals surface area contributed by atoms with Crippen LogP contribution in [0.5, 0.6) is 0 Å². The molecular formula is C24H35ClN6O. The van der Waals surface area contributed by atoms with Crippen LogP contribution in [0.2, 0.25) is 0 Å². The van der Waals surface area contributed by atoms with E-state index in [1.807, 2.05) is 4.90 Å². The molecule has 3 aromatic rings. The summed E-state index contributed by atoms with van der Waals surface area (Å²) in [6.07, 6.45) is 13.3. The smallest absolute Gasteiger partial charge is 0.249 e. The van der Waals surface area contributed by atoms with Crippen molar-refractivity contribution < 1.29 is 4.52 Å². The second kappa shape index (κ2) is 11.4. The molecule has 1 saturated heterocycles. The summed E-state index contributed by atoms with van der Waals surface area (Å²) in [4.78, 5) is 6.45. The molecule has 1 aromatic carbocycles. The Hall–Kier alpha value is -2.54. The van der Waals surface area contributed by atoms with Gasteiger partial charge in [0.15, 0.2) is 5.96 Å². The highest BCUT2D eigenvalue weighted by Gasteiger charge is 2.31. The minimum Gasteiger partial charge on any atom is -0.370 e. The van der Waals surface area contributed by atoms with Gasteiger partial charge < -0.3 is 19.7 Å². The summed E-state index contributed by atoms with van der Waals surface area (Å²) in [6.45, 7) is 4.08. The first-order valence-electron chi connectivity index (χ1n) is 11.7. The Labute approximate surface area is 196 Å². The number of nitrogens with two attached hydrogens (primary N) is 1. The maximum absolute atomic E-state index is 7.74. The number of halogens is 1. The van der Waals surface area contributed by atoms with E-state index >= 15 is 0 Å². The van der Waals surface area contributed by atoms with E-state index in [1.165, 1.54) is 55.8 Å². The molecule has 0 bridgehead atoms. The van der Waals surface area contributed by atoms with Gasteiger partial charge >= 0.3 is 0 Å². The number of aryl methyl sites for hydroxylation is 1. The van der Waals surface area contributed by atoms with Crippen LogP contribution < -0.4 is 5.73 Å². The lowest BCUT2D eigenvalue weighted by atomic mass is 10.1. The van der Waals surface area contributed by atoms with Crippen LogP contribution in [0.1, 0.15) is 76.6 Å². The van der Waals surface area contributed by atoms with E-state index in [-0.39, 0.29) is 24.4 Å². The SMILES string of the molecule is CCCCCCCCCn1ccc2cc(-c3noc(C4CCCN4C(=N)N)n3)ccc21.Cl. The van der Waals surface area contributed by atoms with Crippen LogP contribution in [0, 0.1) is 5.41 Å². The molecule has 8 heteroatoms. The van der Waals surface area contributed by atoms with E-state index in [2.05, 4.69) is 52.1 Å². The number of hydrogen-bond donors (Lipinski definition) is 2. The van der Waals surface area contributed by atoms with Gasteiger partial charge in [-0.15, -0.1) is 12.4 Å². The monoisotopic (exact) mass is 458 g/mol. The molecule has 1 atom stereocenters. The van der Waals surface area contributed by atoms with Gasteiger partial charge in [-0.05, 0) is 43.5 Å². The van der Waals surface area contributed by atoms with Crippen molar-refractivity contribution >= 4 is 29.3 Å². The first kappa shape index (κ1) is 24.1. The zero-order valence-corrected chi connectivity index (χ0v) is 19.7. The molecule has 1 aliphatic rings. The lowest BCUT2D eigenvalue weighted by Gasteiger charge is -2.21. The molecule has 2 aromatic heterocycles. The minimum atomic E-state index is -0.0921. The van der Waals surface area contributed by atoms with E-state index in [4.69, 9.17) is 15.7 Å². The molecule has 174 valence electrons. The molecule has 7 nitrogen and oxygen atoms in total. The van der Waals surface area contributed by atoms with Crippen molar-refractivity contribution in [1.82, 2.24) is 19.6 Å². The van der Waals surface area contributed by atoms with Crippen molar-refractivity contribution in [1.29, 1.82) is 5.41 Å². The first-order valence-corrected chi connectivity index (χ1v) is 11.7. The van der Waals surface area contributed by atoms with Crippen LogP contribution in [0.4, 0.5) is 0 Å². The topological polar surface area (TPSA) is 97.0 Å². The third-order valence-corrected chi connectivity index (χ3v) is 6.32. The number of nitrogens with zero attached hydrogens (tertiary/aromatic N) is 4. The van der Waals surface area contributed by atoms with Crippen molar-refractivity contribution in [2.75, 3.05) is 6.54 Å². The van der Waals surface area contributed by atoms with Gasteiger partial charge in [-0.25, -0.2) is 0 Å². The van der Waals surface area contributed by atoms with Crippen LogP contribution in [0.3, 0.4) is 0 Å². The van der Waals surface area contributed by atoms with E-state index in [0.29, 0.717) is 11.7 Å². The van der Waals surface area contributed by atoms with Gasteiger partial charge in [-0.2, -0.15) is 4.98 Å². The summed E-state index contributed by atoms with van der Waals surface area (Å²) in [5.74, 6) is 1.19. The molecule has 3 heterocycles. The fraction of sp³-hybridized carbons (Fsp3) is 0.542. The molecule has 1 unspecified atom stereocenters. The molecule has 1 aliphatic heterocycles. The normalized spacial score (nSPS) is 15.9. The van der Waals surface area contributed by atoms with Crippen LogP contribution >= 0.6 is 12.4 Å². The molecule has 0 amide bonds. The Bertz CT molecular complexity index is 1010. The largest absolute Gasteiger partial charge is 0.370 e. The Balaban J connectivity index is 0.00000289. The maximum atomic E-state index is 7.74. The van der Waals surface area contributed by atoms with E-state index in [9.17, 15) is 0 Å². The van der Waals surface area contributed by atoms with Gasteiger partial charge in [0.05, 0.1) is 0 Å². The van der Waals surface area contributed by atoms with Gasteiger partial charge in [-0.1, -0.05) is 50.6 Å². The van der Waals surface area contributed by atoms with Crippen LogP contribution in [0.25, 0.3) is 22.3 Å². The number of fused-ring (bicyclic) bond motifs is 1. The standard InChI is InChI=1S/C24H34N6O.ClH/c1-2-3-4-5-6-7-8-14-29-16-13-18-17-19(11-12-20(18)29)22-27-23(31-28-22)21-10-9-15-30(21)24(25)26;/h11-13,16-17,21H,2-10,14-15H2,1H3,(H3,25,26);1H. The van der Waals surface area contributed by atoms with Crippen molar-refractivity contribution in [3.05, 3.63) is 36.4 Å². The summed E-state index contributed by atoms with van der Waals surface area (Å²) in [7, 11) is 0. The number of likely N-dealkylation sites (tertiary alicyclic amines) is 1. The third kappa shape index (κ3) is 5.44. The Kier molecular flexibility index (Phi) is 8.56. The van der Waals surface area contributed by atoms with Crippen LogP contribution in [-0.4, -0.2) is 32.1 Å². The highest BCUT2D eigenvalue weighted by Crippen LogP contribution is 2.32. The summed E-state index contributed by atoms with van der Waals surface area (Å²) in [5, 5.41) is 13.1. The number of aromatic nitrogens is 3. The number of unbranched alkanes of at least 4 members (excludes halogenated alkanes) is 6. The van der Waals surface area contributed by atoms with Crippen LogP contribution in [0.15, 0.2) is 35.0 Å². The summed E-state index contributed by atoms with van der Waals surface area (Å²) in [5.41, 5.74) is 7.89. The Morgan fingerprint density at radius 2 is 1.94 bits per heavy atom. The quantitative estimate of drug-likeness (QED) is 0.224. The number of hydrogen-bond acceptors (Lipinski definition) is 4. The first-order chi connectivity index (χ1) is 15.2. The third-order valence-electron chi connectivity index (χ3n) is 6.32. The van der Waals surface area contributed by atoms with Crippen molar-refractivity contribution in [3.63, 3.8) is 0 Å².